The number of pyridine rings is 1. The van der Waals surface area contributed by atoms with Crippen LogP contribution in [0.4, 0.5) is 5.69 Å². The summed E-state index contributed by atoms with van der Waals surface area (Å²) >= 11 is 0. The van der Waals surface area contributed by atoms with Gasteiger partial charge < -0.3 is 24.0 Å². The normalized spacial score (nSPS) is 18.9. The number of para-hydroxylation sites is 2. The number of amides is 1. The van der Waals surface area contributed by atoms with Crippen molar-refractivity contribution < 1.29 is 19.0 Å². The fourth-order valence-corrected chi connectivity index (χ4v) is 3.29. The van der Waals surface area contributed by atoms with Gasteiger partial charge in [0.25, 0.3) is 5.91 Å². The van der Waals surface area contributed by atoms with Gasteiger partial charge in [0.15, 0.2) is 17.6 Å². The smallest absolute Gasteiger partial charge is 0.272 e. The van der Waals surface area contributed by atoms with Crippen LogP contribution in [0.2, 0.25) is 0 Å². The Labute approximate surface area is 158 Å². The van der Waals surface area contributed by atoms with Crippen molar-refractivity contribution in [2.24, 2.45) is 0 Å². The van der Waals surface area contributed by atoms with E-state index in [9.17, 15) is 4.79 Å². The van der Waals surface area contributed by atoms with Crippen LogP contribution in [0.1, 0.15) is 10.5 Å². The molecule has 4 rings (SSSR count). The minimum absolute atomic E-state index is 0.132. The fourth-order valence-electron chi connectivity index (χ4n) is 3.29. The van der Waals surface area contributed by atoms with Gasteiger partial charge in [-0.2, -0.15) is 0 Å². The number of likely N-dealkylation sites (N-methyl/N-ethyl adjacent to an activating group) is 1. The lowest BCUT2D eigenvalue weighted by Crippen LogP contribution is -2.42. The summed E-state index contributed by atoms with van der Waals surface area (Å²) in [5.41, 5.74) is 1.43. The standard InChI is InChI=1S/C20H23N3O4/c1-22(13-16-14-26-18-4-2-3-5-19(18)27-16)20(24)17-12-15(6-7-21-17)23-8-10-25-11-9-23/h2-7,12,16H,8-11,13-14H2,1H3. The molecule has 2 aliphatic heterocycles. The lowest BCUT2D eigenvalue weighted by Gasteiger charge is -2.30. The molecular weight excluding hydrogens is 346 g/mol. The zero-order valence-electron chi connectivity index (χ0n) is 15.3. The highest BCUT2D eigenvalue weighted by molar-refractivity contribution is 5.93. The monoisotopic (exact) mass is 369 g/mol. The van der Waals surface area contributed by atoms with Crippen molar-refractivity contribution in [3.05, 3.63) is 48.3 Å². The Kier molecular flexibility index (Phi) is 5.11. The van der Waals surface area contributed by atoms with E-state index in [-0.39, 0.29) is 12.0 Å². The molecule has 7 nitrogen and oxygen atoms in total. The lowest BCUT2D eigenvalue weighted by molar-refractivity contribution is 0.0517. The van der Waals surface area contributed by atoms with Crippen molar-refractivity contribution in [1.82, 2.24) is 9.88 Å². The van der Waals surface area contributed by atoms with Crippen LogP contribution in [0.3, 0.4) is 0 Å². The van der Waals surface area contributed by atoms with Gasteiger partial charge in [-0.05, 0) is 24.3 Å². The molecule has 2 aliphatic rings. The SMILES string of the molecule is CN(CC1COc2ccccc2O1)C(=O)c1cc(N2CCOCC2)ccn1. The van der Waals surface area contributed by atoms with Crippen LogP contribution >= 0.6 is 0 Å². The van der Waals surface area contributed by atoms with E-state index in [1.807, 2.05) is 36.4 Å². The van der Waals surface area contributed by atoms with Gasteiger partial charge in [-0.3, -0.25) is 9.78 Å². The van der Waals surface area contributed by atoms with E-state index in [0.29, 0.717) is 37.8 Å². The number of ether oxygens (including phenoxy) is 3. The average Bonchev–Trinajstić information content (AvgIpc) is 2.74. The Morgan fingerprint density at radius 2 is 2.00 bits per heavy atom. The summed E-state index contributed by atoms with van der Waals surface area (Å²) in [5.74, 6) is 1.32. The molecule has 0 bridgehead atoms. The Morgan fingerprint density at radius 1 is 1.22 bits per heavy atom. The maximum Gasteiger partial charge on any atom is 0.272 e. The second-order valence-electron chi connectivity index (χ2n) is 6.68. The van der Waals surface area contributed by atoms with Gasteiger partial charge in [0, 0.05) is 32.0 Å². The molecule has 27 heavy (non-hydrogen) atoms. The van der Waals surface area contributed by atoms with Crippen molar-refractivity contribution in [2.75, 3.05) is 51.4 Å². The van der Waals surface area contributed by atoms with E-state index < -0.39 is 0 Å². The Morgan fingerprint density at radius 3 is 2.81 bits per heavy atom. The summed E-state index contributed by atoms with van der Waals surface area (Å²) < 4.78 is 17.1. The average molecular weight is 369 g/mol. The third-order valence-corrected chi connectivity index (χ3v) is 4.73. The third kappa shape index (κ3) is 3.98. The quantitative estimate of drug-likeness (QED) is 0.819. The van der Waals surface area contributed by atoms with Crippen LogP contribution in [-0.2, 0) is 4.74 Å². The van der Waals surface area contributed by atoms with Crippen LogP contribution in [0.15, 0.2) is 42.6 Å². The first kappa shape index (κ1) is 17.6. The summed E-state index contributed by atoms with van der Waals surface area (Å²) in [6.45, 7) is 3.88. The summed E-state index contributed by atoms with van der Waals surface area (Å²) in [6.07, 6.45) is 1.47. The number of anilines is 1. The molecule has 1 aromatic heterocycles. The van der Waals surface area contributed by atoms with E-state index in [4.69, 9.17) is 14.2 Å². The molecule has 1 aromatic carbocycles. The summed E-state index contributed by atoms with van der Waals surface area (Å²) in [5, 5.41) is 0. The second-order valence-corrected chi connectivity index (χ2v) is 6.68. The predicted octanol–water partition coefficient (Wildman–Crippen LogP) is 1.83. The van der Waals surface area contributed by atoms with Crippen molar-refractivity contribution in [3.63, 3.8) is 0 Å². The van der Waals surface area contributed by atoms with Gasteiger partial charge in [-0.15, -0.1) is 0 Å². The van der Waals surface area contributed by atoms with Gasteiger partial charge in [0.05, 0.1) is 19.8 Å². The van der Waals surface area contributed by atoms with E-state index in [0.717, 1.165) is 24.5 Å². The molecule has 1 amide bonds. The highest BCUT2D eigenvalue weighted by Gasteiger charge is 2.25. The topological polar surface area (TPSA) is 64.1 Å². The minimum Gasteiger partial charge on any atom is -0.486 e. The van der Waals surface area contributed by atoms with Gasteiger partial charge in [-0.1, -0.05) is 12.1 Å². The first-order valence-corrected chi connectivity index (χ1v) is 9.13. The molecule has 0 N–H and O–H groups in total. The van der Waals surface area contributed by atoms with Crippen molar-refractivity contribution in [2.45, 2.75) is 6.10 Å². The number of hydrogen-bond donors (Lipinski definition) is 0. The van der Waals surface area contributed by atoms with Crippen molar-refractivity contribution in [3.8, 4) is 11.5 Å². The van der Waals surface area contributed by atoms with E-state index in [1.165, 1.54) is 0 Å². The molecule has 0 spiro atoms. The summed E-state index contributed by atoms with van der Waals surface area (Å²) in [7, 11) is 1.76. The predicted molar refractivity (Wildman–Crippen MR) is 101 cm³/mol. The largest absolute Gasteiger partial charge is 0.486 e. The van der Waals surface area contributed by atoms with Gasteiger partial charge in [-0.25, -0.2) is 0 Å². The number of fused-ring (bicyclic) bond motifs is 1. The molecule has 142 valence electrons. The fraction of sp³-hybridized carbons (Fsp3) is 0.400. The Bertz CT molecular complexity index is 807. The van der Waals surface area contributed by atoms with Crippen LogP contribution in [0.25, 0.3) is 0 Å². The Hall–Kier alpha value is -2.80. The molecule has 2 aromatic rings. The number of morpholine rings is 1. The number of hydrogen-bond acceptors (Lipinski definition) is 6. The molecule has 0 saturated carbocycles. The van der Waals surface area contributed by atoms with Crippen LogP contribution < -0.4 is 14.4 Å². The Balaban J connectivity index is 1.40. The van der Waals surface area contributed by atoms with Crippen LogP contribution in [0, 0.1) is 0 Å². The summed E-state index contributed by atoms with van der Waals surface area (Å²) in [6, 6.07) is 11.3. The van der Waals surface area contributed by atoms with E-state index in [1.54, 1.807) is 18.1 Å². The van der Waals surface area contributed by atoms with Gasteiger partial charge in [0.1, 0.15) is 12.3 Å². The molecule has 3 heterocycles. The molecular formula is C20H23N3O4. The molecule has 1 fully saturated rings. The number of carbonyl (C=O) groups is 1. The van der Waals surface area contributed by atoms with Crippen LogP contribution in [0.5, 0.6) is 11.5 Å². The summed E-state index contributed by atoms with van der Waals surface area (Å²) in [4.78, 5) is 20.9. The highest BCUT2D eigenvalue weighted by atomic mass is 16.6. The van der Waals surface area contributed by atoms with E-state index in [2.05, 4.69) is 9.88 Å². The number of nitrogens with zero attached hydrogens (tertiary/aromatic N) is 3. The number of aromatic nitrogens is 1. The number of benzene rings is 1. The molecule has 7 heteroatoms. The van der Waals surface area contributed by atoms with Crippen LogP contribution in [-0.4, -0.2) is 68.4 Å². The second kappa shape index (κ2) is 7.84. The van der Waals surface area contributed by atoms with Crippen molar-refractivity contribution in [1.29, 1.82) is 0 Å². The van der Waals surface area contributed by atoms with E-state index >= 15 is 0 Å². The highest BCUT2D eigenvalue weighted by Crippen LogP contribution is 2.31. The van der Waals surface area contributed by atoms with Crippen molar-refractivity contribution >= 4 is 11.6 Å². The van der Waals surface area contributed by atoms with Gasteiger partial charge >= 0.3 is 0 Å². The molecule has 0 aliphatic carbocycles. The first-order chi connectivity index (χ1) is 13.2. The number of carbonyl (C=O) groups excluding carboxylic acids is 1. The maximum atomic E-state index is 12.8. The minimum atomic E-state index is -0.212. The third-order valence-electron chi connectivity index (χ3n) is 4.73. The number of rotatable bonds is 4. The lowest BCUT2D eigenvalue weighted by atomic mass is 10.2. The molecule has 1 unspecified atom stereocenters. The first-order valence-electron chi connectivity index (χ1n) is 9.13. The zero-order chi connectivity index (χ0) is 18.6. The zero-order valence-corrected chi connectivity index (χ0v) is 15.3. The van der Waals surface area contributed by atoms with Gasteiger partial charge in [0.2, 0.25) is 0 Å². The molecule has 1 atom stereocenters. The molecule has 0 radical (unpaired) electrons. The maximum absolute atomic E-state index is 12.8. The molecule has 1 saturated heterocycles.